The van der Waals surface area contributed by atoms with Crippen molar-refractivity contribution in [2.45, 2.75) is 35.6 Å². The number of fused-ring (bicyclic) bond motifs is 1. The van der Waals surface area contributed by atoms with E-state index in [-0.39, 0.29) is 11.3 Å². The molecule has 0 saturated carbocycles. The molecule has 1 N–H and O–H groups in total. The highest BCUT2D eigenvalue weighted by molar-refractivity contribution is 7.91. The molecule has 10 heteroatoms. The van der Waals surface area contributed by atoms with E-state index < -0.39 is 44.5 Å². The molecule has 0 bridgehead atoms. The van der Waals surface area contributed by atoms with E-state index >= 15 is 0 Å². The van der Waals surface area contributed by atoms with Gasteiger partial charge in [0.1, 0.15) is 6.10 Å². The van der Waals surface area contributed by atoms with E-state index in [9.17, 15) is 31.1 Å². The number of thiophene rings is 1. The van der Waals surface area contributed by atoms with Gasteiger partial charge in [-0.05, 0) is 29.1 Å². The van der Waals surface area contributed by atoms with Gasteiger partial charge in [0.25, 0.3) is 5.92 Å². The average Bonchev–Trinajstić information content (AvgIpc) is 3.13. The Hall–Kier alpha value is -1.65. The van der Waals surface area contributed by atoms with Crippen molar-refractivity contribution in [3.63, 3.8) is 0 Å². The molecule has 1 heterocycles. The third-order valence-electron chi connectivity index (χ3n) is 4.30. The van der Waals surface area contributed by atoms with Gasteiger partial charge >= 0.3 is 5.76 Å². The number of benzene rings is 1. The SMILES string of the molecule is CN(Cc1cccs1)c1ccc(S(=O)(=O)C(F)F)c2c1CC(F)(F)[C@H]2O. The predicted molar refractivity (Wildman–Crippen MR) is 89.7 cm³/mol. The van der Waals surface area contributed by atoms with Gasteiger partial charge in [-0.2, -0.15) is 8.78 Å². The number of nitrogens with zero attached hydrogens (tertiary/aromatic N) is 1. The lowest BCUT2D eigenvalue weighted by atomic mass is 10.1. The summed E-state index contributed by atoms with van der Waals surface area (Å²) in [7, 11) is -3.50. The summed E-state index contributed by atoms with van der Waals surface area (Å²) in [6, 6.07) is 5.77. The van der Waals surface area contributed by atoms with E-state index in [1.807, 2.05) is 17.5 Å². The van der Waals surface area contributed by atoms with Crippen LogP contribution in [0.2, 0.25) is 0 Å². The van der Waals surface area contributed by atoms with Crippen LogP contribution >= 0.6 is 11.3 Å². The maximum atomic E-state index is 14.1. The van der Waals surface area contributed by atoms with Crippen LogP contribution in [0.5, 0.6) is 0 Å². The van der Waals surface area contributed by atoms with Gasteiger partial charge in [0.2, 0.25) is 9.84 Å². The Morgan fingerprint density at radius 1 is 1.35 bits per heavy atom. The molecule has 2 aromatic rings. The smallest absolute Gasteiger partial charge is 0.341 e. The summed E-state index contributed by atoms with van der Waals surface area (Å²) in [5.74, 6) is -7.39. The fourth-order valence-corrected chi connectivity index (χ4v) is 4.83. The highest BCUT2D eigenvalue weighted by Gasteiger charge is 2.51. The molecule has 1 atom stereocenters. The molecule has 3 rings (SSSR count). The Morgan fingerprint density at radius 2 is 2.04 bits per heavy atom. The van der Waals surface area contributed by atoms with E-state index in [1.165, 1.54) is 17.4 Å². The van der Waals surface area contributed by atoms with Crippen LogP contribution in [0.1, 0.15) is 22.1 Å². The van der Waals surface area contributed by atoms with Crippen LogP contribution in [-0.2, 0) is 22.8 Å². The van der Waals surface area contributed by atoms with Crippen LogP contribution in [0.4, 0.5) is 23.2 Å². The molecule has 0 saturated heterocycles. The summed E-state index contributed by atoms with van der Waals surface area (Å²) >= 11 is 1.46. The van der Waals surface area contributed by atoms with Crippen molar-refractivity contribution in [3.8, 4) is 0 Å². The van der Waals surface area contributed by atoms with Crippen LogP contribution in [0, 0.1) is 0 Å². The van der Waals surface area contributed by atoms with E-state index in [0.717, 1.165) is 10.9 Å². The van der Waals surface area contributed by atoms with Crippen LogP contribution in [-0.4, -0.2) is 32.3 Å². The molecule has 142 valence electrons. The van der Waals surface area contributed by atoms with Crippen molar-refractivity contribution in [2.24, 2.45) is 0 Å². The van der Waals surface area contributed by atoms with Gasteiger partial charge in [-0.15, -0.1) is 11.3 Å². The highest BCUT2D eigenvalue weighted by Crippen LogP contribution is 2.49. The van der Waals surface area contributed by atoms with Gasteiger partial charge in [0.15, 0.2) is 0 Å². The fraction of sp³-hybridized carbons (Fsp3) is 0.375. The standard InChI is InChI=1S/C16H15F4NO3S2/c1-21(8-9-3-2-6-25-9)11-4-5-12(26(23,24)15(17)18)13-10(11)7-16(19,20)14(13)22/h2-6,14-15,22H,7-8H2,1H3/t14-/m0/s1. The van der Waals surface area contributed by atoms with Crippen LogP contribution in [0.25, 0.3) is 0 Å². The normalized spacial score (nSPS) is 19.0. The first-order chi connectivity index (χ1) is 12.1. The second-order valence-electron chi connectivity index (χ2n) is 6.06. The maximum Gasteiger partial charge on any atom is 0.341 e. The molecule has 1 aliphatic rings. The zero-order valence-electron chi connectivity index (χ0n) is 13.5. The molecule has 0 aliphatic heterocycles. The Bertz CT molecular complexity index is 914. The van der Waals surface area contributed by atoms with Crippen molar-refractivity contribution in [2.75, 3.05) is 11.9 Å². The summed E-state index contributed by atoms with van der Waals surface area (Å²) in [5.41, 5.74) is -0.480. The van der Waals surface area contributed by atoms with Gasteiger partial charge in [0, 0.05) is 29.6 Å². The third kappa shape index (κ3) is 3.10. The van der Waals surface area contributed by atoms with Gasteiger partial charge in [0.05, 0.1) is 11.4 Å². The van der Waals surface area contributed by atoms with Crippen LogP contribution in [0.3, 0.4) is 0 Å². The maximum absolute atomic E-state index is 14.1. The summed E-state index contributed by atoms with van der Waals surface area (Å²) < 4.78 is 77.7. The minimum Gasteiger partial charge on any atom is -0.382 e. The number of aliphatic hydroxyl groups excluding tert-OH is 1. The molecular formula is C16H15F4NO3S2. The second kappa shape index (κ2) is 6.50. The van der Waals surface area contributed by atoms with E-state index in [1.54, 1.807) is 11.9 Å². The quantitative estimate of drug-likeness (QED) is 0.767. The molecule has 26 heavy (non-hydrogen) atoms. The number of sulfone groups is 1. The Balaban J connectivity index is 2.13. The lowest BCUT2D eigenvalue weighted by Gasteiger charge is -2.23. The minimum absolute atomic E-state index is 0.122. The van der Waals surface area contributed by atoms with Gasteiger partial charge in [-0.25, -0.2) is 17.2 Å². The molecule has 1 aromatic heterocycles. The van der Waals surface area contributed by atoms with Crippen LogP contribution < -0.4 is 4.90 Å². The first-order valence-corrected chi connectivity index (χ1v) is 9.95. The fourth-order valence-electron chi connectivity index (χ4n) is 3.08. The lowest BCUT2D eigenvalue weighted by Crippen LogP contribution is -2.23. The van der Waals surface area contributed by atoms with E-state index in [2.05, 4.69) is 0 Å². The zero-order valence-corrected chi connectivity index (χ0v) is 15.1. The summed E-state index contributed by atoms with van der Waals surface area (Å²) in [4.78, 5) is 1.62. The van der Waals surface area contributed by atoms with Gasteiger partial charge < -0.3 is 10.0 Å². The summed E-state index contributed by atoms with van der Waals surface area (Å²) in [6.45, 7) is 0.368. The average molecular weight is 409 g/mol. The number of rotatable bonds is 5. The third-order valence-corrected chi connectivity index (χ3v) is 6.60. The predicted octanol–water partition coefficient (Wildman–Crippen LogP) is 3.61. The number of anilines is 1. The largest absolute Gasteiger partial charge is 0.382 e. The molecule has 0 amide bonds. The van der Waals surface area contributed by atoms with Crippen LogP contribution in [0.15, 0.2) is 34.5 Å². The van der Waals surface area contributed by atoms with E-state index in [0.29, 0.717) is 6.54 Å². The van der Waals surface area contributed by atoms with Crippen molar-refractivity contribution in [1.29, 1.82) is 0 Å². The summed E-state index contributed by atoms with van der Waals surface area (Å²) in [5, 5.41) is 11.8. The molecule has 0 unspecified atom stereocenters. The number of hydrogen-bond donors (Lipinski definition) is 1. The van der Waals surface area contributed by atoms with Gasteiger partial charge in [-0.3, -0.25) is 0 Å². The molecule has 1 aliphatic carbocycles. The Kier molecular flexibility index (Phi) is 4.78. The molecule has 1 aromatic carbocycles. The molecule has 0 radical (unpaired) electrons. The second-order valence-corrected chi connectivity index (χ2v) is 8.97. The van der Waals surface area contributed by atoms with Crippen molar-refractivity contribution < 1.29 is 31.1 Å². The Morgan fingerprint density at radius 3 is 2.62 bits per heavy atom. The highest BCUT2D eigenvalue weighted by atomic mass is 32.2. The van der Waals surface area contributed by atoms with Crippen molar-refractivity contribution in [1.82, 2.24) is 0 Å². The minimum atomic E-state index is -5.12. The number of alkyl halides is 4. The van der Waals surface area contributed by atoms with E-state index in [4.69, 9.17) is 0 Å². The number of aliphatic hydroxyl groups is 1. The number of halogens is 4. The van der Waals surface area contributed by atoms with Crippen molar-refractivity contribution in [3.05, 3.63) is 45.6 Å². The zero-order chi connectivity index (χ0) is 19.3. The molecule has 0 fully saturated rings. The monoisotopic (exact) mass is 409 g/mol. The first-order valence-electron chi connectivity index (χ1n) is 7.53. The lowest BCUT2D eigenvalue weighted by molar-refractivity contribution is -0.0976. The van der Waals surface area contributed by atoms with Gasteiger partial charge in [-0.1, -0.05) is 6.07 Å². The summed E-state index contributed by atoms with van der Waals surface area (Å²) in [6.07, 6.45) is -3.36. The Labute approximate surface area is 151 Å². The number of hydrogen-bond acceptors (Lipinski definition) is 5. The molecular weight excluding hydrogens is 394 g/mol. The topological polar surface area (TPSA) is 57.6 Å². The first kappa shape index (κ1) is 19.1. The molecule has 4 nitrogen and oxygen atoms in total. The molecule has 0 spiro atoms. The van der Waals surface area contributed by atoms with Crippen molar-refractivity contribution >= 4 is 26.9 Å².